The largest absolute Gasteiger partial charge is 0.480 e. The van der Waals surface area contributed by atoms with Gasteiger partial charge in [-0.15, -0.1) is 0 Å². The molecule has 1 saturated heterocycles. The number of carbonyl (C=O) groups is 2. The van der Waals surface area contributed by atoms with Gasteiger partial charge >= 0.3 is 5.97 Å². The Balaban J connectivity index is 2.02. The normalized spacial score (nSPS) is 19.0. The lowest BCUT2D eigenvalue weighted by Crippen LogP contribution is -2.79. The molecular formula is C20H21N3O7S. The van der Waals surface area contributed by atoms with E-state index in [4.69, 9.17) is 0 Å². The zero-order valence-electron chi connectivity index (χ0n) is 16.8. The van der Waals surface area contributed by atoms with E-state index < -0.39 is 48.5 Å². The molecule has 164 valence electrons. The molecule has 10 nitrogen and oxygen atoms in total. The standard InChI is InChI=1S/C20H21N3O7S/c1-19(2,18(25)26)22-13-20(17(22)24,12-14-8-4-3-5-9-14)21-31(29,30)16-11-7-6-10-15(16)23(27)28/h3-11,21H,12-13H2,1-2H3,(H,25,26)/t20-/m0/s1. The highest BCUT2D eigenvalue weighted by Gasteiger charge is 2.60. The van der Waals surface area contributed by atoms with Crippen LogP contribution < -0.4 is 4.72 Å². The van der Waals surface area contributed by atoms with Gasteiger partial charge in [-0.2, -0.15) is 4.72 Å². The van der Waals surface area contributed by atoms with Gasteiger partial charge < -0.3 is 10.0 Å². The number of benzene rings is 2. The van der Waals surface area contributed by atoms with Crippen LogP contribution in [0.5, 0.6) is 0 Å². The van der Waals surface area contributed by atoms with E-state index in [2.05, 4.69) is 4.72 Å². The van der Waals surface area contributed by atoms with Crippen molar-refractivity contribution in [1.82, 2.24) is 9.62 Å². The van der Waals surface area contributed by atoms with E-state index >= 15 is 0 Å². The molecule has 0 spiro atoms. The zero-order chi connectivity index (χ0) is 23.0. The molecule has 3 rings (SSSR count). The second-order valence-corrected chi connectivity index (χ2v) is 9.48. The molecule has 1 amide bonds. The van der Waals surface area contributed by atoms with Gasteiger partial charge in [0.25, 0.3) is 5.69 Å². The van der Waals surface area contributed by atoms with E-state index in [9.17, 15) is 33.2 Å². The van der Waals surface area contributed by atoms with Gasteiger partial charge in [0.15, 0.2) is 4.90 Å². The molecule has 1 atom stereocenters. The molecule has 0 radical (unpaired) electrons. The minimum absolute atomic E-state index is 0.0429. The van der Waals surface area contributed by atoms with E-state index in [-0.39, 0.29) is 13.0 Å². The first-order valence-electron chi connectivity index (χ1n) is 9.27. The molecular weight excluding hydrogens is 426 g/mol. The topological polar surface area (TPSA) is 147 Å². The molecule has 0 saturated carbocycles. The van der Waals surface area contributed by atoms with Crippen molar-refractivity contribution in [1.29, 1.82) is 0 Å². The number of sulfonamides is 1. The van der Waals surface area contributed by atoms with Gasteiger partial charge in [0.05, 0.1) is 11.5 Å². The third-order valence-corrected chi connectivity index (χ3v) is 6.89. The van der Waals surface area contributed by atoms with Crippen LogP contribution in [0.15, 0.2) is 59.5 Å². The predicted octanol–water partition coefficient (Wildman–Crippen LogP) is 1.56. The number of hydrogen-bond acceptors (Lipinski definition) is 6. The summed E-state index contributed by atoms with van der Waals surface area (Å²) in [6.07, 6.45) is -0.0429. The summed E-state index contributed by atoms with van der Waals surface area (Å²) >= 11 is 0. The molecule has 2 aromatic carbocycles. The van der Waals surface area contributed by atoms with Gasteiger partial charge in [-0.1, -0.05) is 42.5 Å². The van der Waals surface area contributed by atoms with Gasteiger partial charge in [0.1, 0.15) is 11.1 Å². The fourth-order valence-corrected chi connectivity index (χ4v) is 5.00. The lowest BCUT2D eigenvalue weighted by atomic mass is 9.79. The second-order valence-electron chi connectivity index (χ2n) is 7.83. The molecule has 0 aliphatic carbocycles. The number of nitrogens with zero attached hydrogens (tertiary/aromatic N) is 2. The van der Waals surface area contributed by atoms with Gasteiger partial charge in [0, 0.05) is 12.5 Å². The number of nitro benzene ring substituents is 1. The number of amides is 1. The maximum atomic E-state index is 13.2. The van der Waals surface area contributed by atoms with Crippen molar-refractivity contribution >= 4 is 27.6 Å². The number of nitrogens with one attached hydrogen (secondary N) is 1. The van der Waals surface area contributed by atoms with Crippen LogP contribution in [-0.4, -0.2) is 52.8 Å². The SMILES string of the molecule is CC(C)(C(=O)O)N1C[C@](Cc2ccccc2)(NS(=O)(=O)c2ccccc2[N+](=O)[O-])C1=O. The van der Waals surface area contributed by atoms with Crippen molar-refractivity contribution in [2.75, 3.05) is 6.54 Å². The molecule has 2 aromatic rings. The van der Waals surface area contributed by atoms with Crippen LogP contribution in [0, 0.1) is 10.1 Å². The number of carboxylic acid groups (broad SMARTS) is 1. The Kier molecular flexibility index (Phi) is 5.59. The Morgan fingerprint density at radius 1 is 1.19 bits per heavy atom. The Labute approximate surface area is 178 Å². The maximum absolute atomic E-state index is 13.2. The number of carbonyl (C=O) groups excluding carboxylic acids is 1. The summed E-state index contributed by atoms with van der Waals surface area (Å²) in [5.41, 5.74) is -3.20. The van der Waals surface area contributed by atoms with Crippen LogP contribution in [0.25, 0.3) is 0 Å². The van der Waals surface area contributed by atoms with Crippen molar-refractivity contribution < 1.29 is 28.0 Å². The number of rotatable bonds is 8. The molecule has 1 aliphatic rings. The summed E-state index contributed by atoms with van der Waals surface area (Å²) in [6, 6.07) is 13.4. The van der Waals surface area contributed by atoms with Crippen molar-refractivity contribution in [2.45, 2.75) is 36.2 Å². The molecule has 11 heteroatoms. The van der Waals surface area contributed by atoms with E-state index in [1.165, 1.54) is 26.0 Å². The summed E-state index contributed by atoms with van der Waals surface area (Å²) in [5.74, 6) is -1.96. The lowest BCUT2D eigenvalue weighted by Gasteiger charge is -2.53. The monoisotopic (exact) mass is 447 g/mol. The highest BCUT2D eigenvalue weighted by atomic mass is 32.2. The van der Waals surface area contributed by atoms with Crippen LogP contribution in [0.3, 0.4) is 0 Å². The van der Waals surface area contributed by atoms with Crippen LogP contribution >= 0.6 is 0 Å². The van der Waals surface area contributed by atoms with Crippen LogP contribution in [0.1, 0.15) is 19.4 Å². The number of nitro groups is 1. The fourth-order valence-electron chi connectivity index (χ4n) is 3.48. The first-order chi connectivity index (χ1) is 14.4. The Hall–Kier alpha value is -3.31. The third-order valence-electron chi connectivity index (χ3n) is 5.31. The molecule has 1 heterocycles. The van der Waals surface area contributed by atoms with Gasteiger partial charge in [0.2, 0.25) is 15.9 Å². The molecule has 0 aromatic heterocycles. The molecule has 1 fully saturated rings. The average molecular weight is 447 g/mol. The first kappa shape index (κ1) is 22.4. The summed E-state index contributed by atoms with van der Waals surface area (Å²) < 4.78 is 28.5. The van der Waals surface area contributed by atoms with Crippen LogP contribution in [0.2, 0.25) is 0 Å². The molecule has 2 N–H and O–H groups in total. The van der Waals surface area contributed by atoms with Gasteiger partial charge in [-0.25, -0.2) is 13.2 Å². The van der Waals surface area contributed by atoms with Crippen LogP contribution in [0.4, 0.5) is 5.69 Å². The van der Waals surface area contributed by atoms with Gasteiger partial charge in [-0.05, 0) is 25.5 Å². The molecule has 1 aliphatic heterocycles. The summed E-state index contributed by atoms with van der Waals surface area (Å²) in [6.45, 7) is 2.48. The number of β-lactam (4-membered cyclic amide) rings is 1. The number of para-hydroxylation sites is 1. The van der Waals surface area contributed by atoms with Gasteiger partial charge in [-0.3, -0.25) is 14.9 Å². The quantitative estimate of drug-likeness (QED) is 0.354. The number of likely N-dealkylation sites (tertiary alicyclic amines) is 1. The lowest BCUT2D eigenvalue weighted by molar-refractivity contribution is -0.387. The highest BCUT2D eigenvalue weighted by molar-refractivity contribution is 7.89. The maximum Gasteiger partial charge on any atom is 0.329 e. The zero-order valence-corrected chi connectivity index (χ0v) is 17.6. The van der Waals surface area contributed by atoms with E-state index in [0.29, 0.717) is 5.56 Å². The summed E-state index contributed by atoms with van der Waals surface area (Å²) in [7, 11) is -4.48. The number of hydrogen-bond donors (Lipinski definition) is 2. The van der Waals surface area contributed by atoms with Crippen LogP contribution in [-0.2, 0) is 26.0 Å². The summed E-state index contributed by atoms with van der Waals surface area (Å²) in [5, 5.41) is 20.8. The second kappa shape index (κ2) is 7.75. The Bertz CT molecular complexity index is 1150. The third kappa shape index (κ3) is 4.01. The Morgan fingerprint density at radius 2 is 1.77 bits per heavy atom. The predicted molar refractivity (Wildman–Crippen MR) is 110 cm³/mol. The van der Waals surface area contributed by atoms with Crippen molar-refractivity contribution in [2.24, 2.45) is 0 Å². The minimum Gasteiger partial charge on any atom is -0.480 e. The number of aliphatic carboxylic acids is 1. The van der Waals surface area contributed by atoms with Crippen molar-refractivity contribution in [3.05, 3.63) is 70.3 Å². The highest BCUT2D eigenvalue weighted by Crippen LogP contribution is 2.35. The molecule has 0 unspecified atom stereocenters. The fraction of sp³-hybridized carbons (Fsp3) is 0.300. The van der Waals surface area contributed by atoms with E-state index in [0.717, 1.165) is 17.0 Å². The van der Waals surface area contributed by atoms with E-state index in [1.54, 1.807) is 30.3 Å². The molecule has 0 bridgehead atoms. The smallest absolute Gasteiger partial charge is 0.329 e. The minimum atomic E-state index is -4.48. The first-order valence-corrected chi connectivity index (χ1v) is 10.8. The number of carboxylic acids is 1. The van der Waals surface area contributed by atoms with Crippen molar-refractivity contribution in [3.8, 4) is 0 Å². The van der Waals surface area contributed by atoms with E-state index in [1.807, 2.05) is 0 Å². The van der Waals surface area contributed by atoms with Crippen molar-refractivity contribution in [3.63, 3.8) is 0 Å². The average Bonchev–Trinajstić information content (AvgIpc) is 2.71. The Morgan fingerprint density at radius 3 is 2.32 bits per heavy atom. The summed E-state index contributed by atoms with van der Waals surface area (Å²) in [4.78, 5) is 35.7. The molecule has 31 heavy (non-hydrogen) atoms.